The summed E-state index contributed by atoms with van der Waals surface area (Å²) >= 11 is 0. The van der Waals surface area contributed by atoms with Gasteiger partial charge in [-0.2, -0.15) is 0 Å². The first kappa shape index (κ1) is 28.6. The highest BCUT2D eigenvalue weighted by molar-refractivity contribution is 5.72. The Morgan fingerprint density at radius 2 is 1.65 bits per heavy atom. The number of carbonyl (C=O) groups excluding carboxylic acids is 1. The van der Waals surface area contributed by atoms with Gasteiger partial charge in [-0.25, -0.2) is 0 Å². The monoisotopic (exact) mass is 540 g/mol. The van der Waals surface area contributed by atoms with E-state index in [4.69, 9.17) is 14.7 Å². The number of amides is 1. The number of nitrogens with one attached hydrogen (secondary N) is 2. The van der Waals surface area contributed by atoms with Crippen molar-refractivity contribution >= 4 is 11.6 Å². The molecule has 0 aliphatic rings. The molecule has 3 N–H and O–H groups in total. The van der Waals surface area contributed by atoms with Crippen LogP contribution in [0.15, 0.2) is 91.0 Å². The molecule has 0 aliphatic carbocycles. The van der Waals surface area contributed by atoms with E-state index in [1.807, 2.05) is 42.5 Å². The summed E-state index contributed by atoms with van der Waals surface area (Å²) in [5.41, 5.74) is 6.55. The lowest BCUT2D eigenvalue weighted by molar-refractivity contribution is -0.118. The zero-order chi connectivity index (χ0) is 28.3. The van der Waals surface area contributed by atoms with Gasteiger partial charge in [-0.3, -0.25) is 10.0 Å². The van der Waals surface area contributed by atoms with Crippen LogP contribution in [0.4, 0.5) is 5.69 Å². The quantitative estimate of drug-likeness (QED) is 0.147. The second-order valence-corrected chi connectivity index (χ2v) is 9.40. The molecule has 8 heteroatoms. The van der Waals surface area contributed by atoms with Crippen LogP contribution in [0.2, 0.25) is 0 Å². The fraction of sp³-hybridized carbons (Fsp3) is 0.219. The lowest BCUT2D eigenvalue weighted by Gasteiger charge is -2.21. The van der Waals surface area contributed by atoms with E-state index >= 15 is 0 Å². The molecule has 0 saturated carbocycles. The first-order chi connectivity index (χ1) is 19.4. The summed E-state index contributed by atoms with van der Waals surface area (Å²) in [5, 5.41) is 26.1. The first-order valence-electron chi connectivity index (χ1n) is 13.1. The molecule has 0 aromatic heterocycles. The van der Waals surface area contributed by atoms with Crippen LogP contribution in [0, 0.1) is 12.1 Å². The zero-order valence-corrected chi connectivity index (χ0v) is 22.7. The van der Waals surface area contributed by atoms with Crippen LogP contribution in [0.25, 0.3) is 11.1 Å². The normalized spacial score (nSPS) is 10.7. The van der Waals surface area contributed by atoms with Crippen molar-refractivity contribution in [2.24, 2.45) is 0 Å². The molecule has 0 unspecified atom stereocenters. The van der Waals surface area contributed by atoms with E-state index in [0.717, 1.165) is 16.7 Å². The molecule has 40 heavy (non-hydrogen) atoms. The van der Waals surface area contributed by atoms with Crippen molar-refractivity contribution in [1.82, 2.24) is 10.6 Å². The maximum absolute atomic E-state index is 11.1. The number of carbonyl (C=O) groups is 1. The van der Waals surface area contributed by atoms with E-state index in [2.05, 4.69) is 41.8 Å². The number of hydrogen-bond acceptors (Lipinski definition) is 7. The fourth-order valence-corrected chi connectivity index (χ4v) is 4.27. The topological polar surface area (TPSA) is 106 Å². The van der Waals surface area contributed by atoms with E-state index in [1.165, 1.54) is 35.7 Å². The third-order valence-electron chi connectivity index (χ3n) is 6.51. The predicted octanol–water partition coefficient (Wildman–Crippen LogP) is 5.74. The molecule has 4 aromatic rings. The minimum atomic E-state index is -0.173. The molecule has 1 amide bonds. The largest absolute Gasteiger partial charge is 0.733 e. The SMILES string of the molecule is CC(=O)NCCNCc1ccc(OCc2cccc(-c3ccccc3)c2C)cc1OCc1ccc(N([O-])O)cc1. The van der Waals surface area contributed by atoms with Crippen LogP contribution in [-0.2, 0) is 24.6 Å². The highest BCUT2D eigenvalue weighted by Crippen LogP contribution is 2.29. The Balaban J connectivity index is 1.47. The molecule has 0 fully saturated rings. The zero-order valence-electron chi connectivity index (χ0n) is 22.7. The molecule has 4 rings (SSSR count). The van der Waals surface area contributed by atoms with Crippen molar-refractivity contribution in [3.8, 4) is 22.6 Å². The van der Waals surface area contributed by atoms with E-state index in [0.29, 0.717) is 37.7 Å². The van der Waals surface area contributed by atoms with E-state index in [9.17, 15) is 10.0 Å². The third kappa shape index (κ3) is 8.07. The van der Waals surface area contributed by atoms with Gasteiger partial charge < -0.3 is 30.5 Å². The van der Waals surface area contributed by atoms with Crippen molar-refractivity contribution < 1.29 is 19.5 Å². The van der Waals surface area contributed by atoms with Gasteiger partial charge in [0.1, 0.15) is 24.7 Å². The van der Waals surface area contributed by atoms with Gasteiger partial charge in [-0.15, -0.1) is 0 Å². The Morgan fingerprint density at radius 3 is 2.38 bits per heavy atom. The molecule has 8 nitrogen and oxygen atoms in total. The summed E-state index contributed by atoms with van der Waals surface area (Å²) in [4.78, 5) is 11.1. The number of rotatable bonds is 13. The Morgan fingerprint density at radius 1 is 0.875 bits per heavy atom. The summed E-state index contributed by atoms with van der Waals surface area (Å²) in [5.74, 6) is 1.28. The standard InChI is InChI=1S/C32H34N3O5/c1-23-28(9-6-10-31(23)26-7-4-3-5-8-26)22-39-30-16-13-27(20-33-17-18-34-24(2)36)32(19-30)40-21-25-11-14-29(15-12-25)35(37)38/h3-16,19,33,37H,17-18,20-22H2,1-2H3,(H,34,36)/q-1. The summed E-state index contributed by atoms with van der Waals surface area (Å²) in [6.45, 7) is 5.97. The Hall–Kier alpha value is -4.37. The van der Waals surface area contributed by atoms with Crippen LogP contribution in [0.5, 0.6) is 11.5 Å². The fourth-order valence-electron chi connectivity index (χ4n) is 4.27. The number of ether oxygens (including phenoxy) is 2. The number of hydrogen-bond donors (Lipinski definition) is 3. The van der Waals surface area contributed by atoms with Crippen molar-refractivity contribution in [2.45, 2.75) is 33.6 Å². The molecular formula is C32H34N3O5-. The van der Waals surface area contributed by atoms with Crippen LogP contribution < -0.4 is 25.3 Å². The van der Waals surface area contributed by atoms with Crippen LogP contribution >= 0.6 is 0 Å². The van der Waals surface area contributed by atoms with Gasteiger partial charge in [0.05, 0.1) is 5.69 Å². The second-order valence-electron chi connectivity index (χ2n) is 9.40. The lowest BCUT2D eigenvalue weighted by atomic mass is 9.97. The van der Waals surface area contributed by atoms with Gasteiger partial charge >= 0.3 is 0 Å². The minimum absolute atomic E-state index is 0.0656. The molecule has 0 saturated heterocycles. The van der Waals surface area contributed by atoms with Gasteiger partial charge in [0.2, 0.25) is 5.91 Å². The van der Waals surface area contributed by atoms with Crippen molar-refractivity contribution in [1.29, 1.82) is 0 Å². The summed E-state index contributed by atoms with van der Waals surface area (Å²) in [6.07, 6.45) is 0. The van der Waals surface area contributed by atoms with E-state index in [-0.39, 0.29) is 23.4 Å². The minimum Gasteiger partial charge on any atom is -0.733 e. The van der Waals surface area contributed by atoms with Crippen molar-refractivity contribution in [3.05, 3.63) is 118 Å². The van der Waals surface area contributed by atoms with Crippen molar-refractivity contribution in [3.63, 3.8) is 0 Å². The van der Waals surface area contributed by atoms with Crippen LogP contribution in [-0.4, -0.2) is 24.2 Å². The average Bonchev–Trinajstić information content (AvgIpc) is 2.96. The maximum Gasteiger partial charge on any atom is 0.216 e. The highest BCUT2D eigenvalue weighted by atomic mass is 16.8. The molecular weight excluding hydrogens is 506 g/mol. The number of benzene rings is 4. The van der Waals surface area contributed by atoms with Crippen molar-refractivity contribution in [2.75, 3.05) is 18.3 Å². The van der Waals surface area contributed by atoms with Gasteiger partial charge in [0.15, 0.2) is 0 Å². The average molecular weight is 541 g/mol. The molecule has 0 spiro atoms. The number of anilines is 1. The molecule has 4 aromatic carbocycles. The molecule has 0 atom stereocenters. The summed E-state index contributed by atoms with van der Waals surface area (Å²) < 4.78 is 12.4. The molecule has 208 valence electrons. The summed E-state index contributed by atoms with van der Waals surface area (Å²) in [6, 6.07) is 28.8. The molecule has 0 radical (unpaired) electrons. The number of nitrogens with zero attached hydrogens (tertiary/aromatic N) is 1. The predicted molar refractivity (Wildman–Crippen MR) is 156 cm³/mol. The third-order valence-corrected chi connectivity index (χ3v) is 6.51. The van der Waals surface area contributed by atoms with E-state index < -0.39 is 0 Å². The van der Waals surface area contributed by atoms with E-state index in [1.54, 1.807) is 12.1 Å². The van der Waals surface area contributed by atoms with Crippen LogP contribution in [0.1, 0.15) is 29.2 Å². The van der Waals surface area contributed by atoms with Gasteiger partial charge in [-0.1, -0.05) is 66.7 Å². The molecule has 0 bridgehead atoms. The Labute approximate surface area is 234 Å². The second kappa shape index (κ2) is 14.1. The van der Waals surface area contributed by atoms with Crippen LogP contribution in [0.3, 0.4) is 0 Å². The maximum atomic E-state index is 11.1. The molecule has 0 aliphatic heterocycles. The lowest BCUT2D eigenvalue weighted by Crippen LogP contribution is -2.30. The van der Waals surface area contributed by atoms with Gasteiger partial charge in [-0.05, 0) is 52.9 Å². The Kier molecular flexibility index (Phi) is 10.1. The Bertz CT molecular complexity index is 1390. The van der Waals surface area contributed by atoms with Gasteiger partial charge in [0, 0.05) is 38.2 Å². The van der Waals surface area contributed by atoms with Gasteiger partial charge in [0.25, 0.3) is 0 Å². The summed E-state index contributed by atoms with van der Waals surface area (Å²) in [7, 11) is 0. The smallest absolute Gasteiger partial charge is 0.216 e. The highest BCUT2D eigenvalue weighted by Gasteiger charge is 2.10. The molecule has 0 heterocycles. The first-order valence-corrected chi connectivity index (χ1v) is 13.1.